The van der Waals surface area contributed by atoms with E-state index < -0.39 is 0 Å². The first kappa shape index (κ1) is 12.3. The molecule has 0 N–H and O–H groups in total. The van der Waals surface area contributed by atoms with E-state index in [1.54, 1.807) is 30.5 Å². The first-order valence-electron chi connectivity index (χ1n) is 6.22. The minimum absolute atomic E-state index is 0.354. The Hall–Kier alpha value is -2.69. The third-order valence-corrected chi connectivity index (χ3v) is 3.10. The quantitative estimate of drug-likeness (QED) is 0.681. The summed E-state index contributed by atoms with van der Waals surface area (Å²) in [6, 6.07) is 10.8. The van der Waals surface area contributed by atoms with Crippen molar-refractivity contribution in [3.63, 3.8) is 0 Å². The summed E-state index contributed by atoms with van der Waals surface area (Å²) >= 11 is 0. The summed E-state index contributed by atoms with van der Waals surface area (Å²) < 4.78 is 7.59. The van der Waals surface area contributed by atoms with Gasteiger partial charge < -0.3 is 9.30 Å². The van der Waals surface area contributed by atoms with Crippen LogP contribution < -0.4 is 4.74 Å². The van der Waals surface area contributed by atoms with E-state index in [2.05, 4.69) is 9.97 Å². The van der Waals surface area contributed by atoms with Crippen molar-refractivity contribution in [2.45, 2.75) is 6.61 Å². The molecule has 0 saturated heterocycles. The number of carbonyl (C=O) groups excluding carboxylic acids is 1. The molecule has 0 radical (unpaired) electrons. The average Bonchev–Trinajstić information content (AvgIpc) is 2.83. The molecule has 100 valence electrons. The summed E-state index contributed by atoms with van der Waals surface area (Å²) in [6.07, 6.45) is 2.55. The molecule has 3 aromatic rings. The number of benzene rings is 1. The highest BCUT2D eigenvalue weighted by atomic mass is 16.5. The minimum Gasteiger partial charge on any atom is -0.486 e. The highest BCUT2D eigenvalue weighted by Gasteiger charge is 2.08. The topological polar surface area (TPSA) is 57.0 Å². The first-order chi connectivity index (χ1) is 9.78. The van der Waals surface area contributed by atoms with Gasteiger partial charge in [-0.25, -0.2) is 9.97 Å². The summed E-state index contributed by atoms with van der Waals surface area (Å²) in [6.45, 7) is 0.354. The van der Waals surface area contributed by atoms with Crippen LogP contribution in [0, 0.1) is 0 Å². The van der Waals surface area contributed by atoms with Gasteiger partial charge in [-0.1, -0.05) is 0 Å². The molecule has 2 aromatic heterocycles. The molecule has 0 saturated carbocycles. The Bertz CT molecular complexity index is 747. The number of ether oxygens (including phenoxy) is 1. The second-order valence-electron chi connectivity index (χ2n) is 4.41. The maximum atomic E-state index is 10.6. The second-order valence-corrected chi connectivity index (χ2v) is 4.41. The van der Waals surface area contributed by atoms with Crippen LogP contribution in [0.3, 0.4) is 0 Å². The standard InChI is InChI=1S/C15H13N3O2/c1-18-14(17-13-3-2-8-16-15(13)18)10-20-12-6-4-11(9-19)5-7-12/h2-9H,10H2,1H3. The molecular weight excluding hydrogens is 254 g/mol. The molecule has 0 aliphatic carbocycles. The van der Waals surface area contributed by atoms with Crippen molar-refractivity contribution in [1.29, 1.82) is 0 Å². The normalized spacial score (nSPS) is 10.7. The number of aldehydes is 1. The lowest BCUT2D eigenvalue weighted by Gasteiger charge is -2.06. The summed E-state index contributed by atoms with van der Waals surface area (Å²) in [7, 11) is 1.91. The summed E-state index contributed by atoms with van der Waals surface area (Å²) in [5, 5.41) is 0. The van der Waals surface area contributed by atoms with Crippen molar-refractivity contribution in [2.24, 2.45) is 7.05 Å². The third-order valence-electron chi connectivity index (χ3n) is 3.10. The van der Waals surface area contributed by atoms with E-state index in [9.17, 15) is 4.79 Å². The highest BCUT2D eigenvalue weighted by Crippen LogP contribution is 2.15. The Labute approximate surface area is 115 Å². The van der Waals surface area contributed by atoms with E-state index in [0.717, 1.165) is 23.3 Å². The van der Waals surface area contributed by atoms with Crippen LogP contribution >= 0.6 is 0 Å². The molecule has 0 aliphatic heterocycles. The van der Waals surface area contributed by atoms with Crippen LogP contribution in [0.4, 0.5) is 0 Å². The number of imidazole rings is 1. The van der Waals surface area contributed by atoms with Crippen molar-refractivity contribution < 1.29 is 9.53 Å². The largest absolute Gasteiger partial charge is 0.486 e. The van der Waals surface area contributed by atoms with Crippen molar-refractivity contribution >= 4 is 17.5 Å². The number of rotatable bonds is 4. The molecule has 0 unspecified atom stereocenters. The van der Waals surface area contributed by atoms with Crippen molar-refractivity contribution in [2.75, 3.05) is 0 Å². The molecule has 0 fully saturated rings. The van der Waals surface area contributed by atoms with Crippen LogP contribution in [0.1, 0.15) is 16.2 Å². The molecule has 0 bridgehead atoms. The van der Waals surface area contributed by atoms with E-state index in [4.69, 9.17) is 4.74 Å². The zero-order chi connectivity index (χ0) is 13.9. The van der Waals surface area contributed by atoms with Gasteiger partial charge in [-0.05, 0) is 36.4 Å². The van der Waals surface area contributed by atoms with Crippen LogP contribution in [0.5, 0.6) is 5.75 Å². The van der Waals surface area contributed by atoms with Gasteiger partial charge in [0.15, 0.2) is 5.65 Å². The predicted octanol–water partition coefficient (Wildman–Crippen LogP) is 2.36. The van der Waals surface area contributed by atoms with Crippen molar-refractivity contribution in [3.8, 4) is 5.75 Å². The fourth-order valence-corrected chi connectivity index (χ4v) is 1.99. The molecule has 1 aromatic carbocycles. The molecule has 0 atom stereocenters. The Morgan fingerprint density at radius 1 is 1.25 bits per heavy atom. The van der Waals surface area contributed by atoms with Gasteiger partial charge in [0.2, 0.25) is 0 Å². The third kappa shape index (κ3) is 2.25. The van der Waals surface area contributed by atoms with Crippen molar-refractivity contribution in [1.82, 2.24) is 14.5 Å². The lowest BCUT2D eigenvalue weighted by Crippen LogP contribution is -2.03. The molecule has 3 rings (SSSR count). The van der Waals surface area contributed by atoms with E-state index in [1.165, 1.54) is 0 Å². The Morgan fingerprint density at radius 3 is 2.75 bits per heavy atom. The van der Waals surface area contributed by atoms with E-state index >= 15 is 0 Å². The second kappa shape index (κ2) is 5.13. The van der Waals surface area contributed by atoms with Gasteiger partial charge in [0.05, 0.1) is 0 Å². The number of aryl methyl sites for hydroxylation is 1. The number of fused-ring (bicyclic) bond motifs is 1. The summed E-state index contributed by atoms with van der Waals surface area (Å²) in [4.78, 5) is 19.3. The van der Waals surface area contributed by atoms with E-state index in [-0.39, 0.29) is 0 Å². The van der Waals surface area contributed by atoms with Gasteiger partial charge in [0, 0.05) is 18.8 Å². The lowest BCUT2D eigenvalue weighted by atomic mass is 10.2. The maximum absolute atomic E-state index is 10.6. The summed E-state index contributed by atoms with van der Waals surface area (Å²) in [5.41, 5.74) is 2.32. The van der Waals surface area contributed by atoms with Gasteiger partial charge in [0.25, 0.3) is 0 Å². The highest BCUT2D eigenvalue weighted by molar-refractivity contribution is 5.74. The zero-order valence-corrected chi connectivity index (χ0v) is 11.0. The molecule has 2 heterocycles. The molecule has 0 spiro atoms. The fraction of sp³-hybridized carbons (Fsp3) is 0.133. The molecule has 5 heteroatoms. The van der Waals surface area contributed by atoms with Crippen LogP contribution in [-0.2, 0) is 13.7 Å². The Morgan fingerprint density at radius 2 is 2.05 bits per heavy atom. The molecule has 0 aliphatic rings. The average molecular weight is 267 g/mol. The summed E-state index contributed by atoms with van der Waals surface area (Å²) in [5.74, 6) is 1.51. The molecular formula is C15H13N3O2. The lowest BCUT2D eigenvalue weighted by molar-refractivity contribution is 0.112. The number of hydrogen-bond acceptors (Lipinski definition) is 4. The molecule has 0 amide bonds. The van der Waals surface area contributed by atoms with Gasteiger partial charge in [0.1, 0.15) is 30.0 Å². The van der Waals surface area contributed by atoms with E-state index in [0.29, 0.717) is 17.9 Å². The monoisotopic (exact) mass is 267 g/mol. The Kier molecular flexibility index (Phi) is 3.16. The zero-order valence-electron chi connectivity index (χ0n) is 11.0. The van der Waals surface area contributed by atoms with Crippen LogP contribution in [0.2, 0.25) is 0 Å². The van der Waals surface area contributed by atoms with Crippen molar-refractivity contribution in [3.05, 3.63) is 54.0 Å². The van der Waals surface area contributed by atoms with E-state index in [1.807, 2.05) is 23.7 Å². The number of aromatic nitrogens is 3. The Balaban J connectivity index is 1.79. The smallest absolute Gasteiger partial charge is 0.159 e. The number of nitrogens with zero attached hydrogens (tertiary/aromatic N) is 3. The van der Waals surface area contributed by atoms with Gasteiger partial charge in [-0.3, -0.25) is 4.79 Å². The predicted molar refractivity (Wildman–Crippen MR) is 74.7 cm³/mol. The number of hydrogen-bond donors (Lipinski definition) is 0. The minimum atomic E-state index is 0.354. The fourth-order valence-electron chi connectivity index (χ4n) is 1.99. The maximum Gasteiger partial charge on any atom is 0.159 e. The van der Waals surface area contributed by atoms with Gasteiger partial charge in [-0.2, -0.15) is 0 Å². The van der Waals surface area contributed by atoms with Crippen LogP contribution in [0.25, 0.3) is 11.2 Å². The van der Waals surface area contributed by atoms with Gasteiger partial charge in [-0.15, -0.1) is 0 Å². The van der Waals surface area contributed by atoms with Gasteiger partial charge >= 0.3 is 0 Å². The first-order valence-corrected chi connectivity index (χ1v) is 6.22. The van der Waals surface area contributed by atoms with Crippen LogP contribution in [-0.4, -0.2) is 20.8 Å². The molecule has 5 nitrogen and oxygen atoms in total. The van der Waals surface area contributed by atoms with Crippen LogP contribution in [0.15, 0.2) is 42.6 Å². The number of pyridine rings is 1. The number of carbonyl (C=O) groups is 1. The molecule has 20 heavy (non-hydrogen) atoms. The SMILES string of the molecule is Cn1c(COc2ccc(C=O)cc2)nc2cccnc21.